The summed E-state index contributed by atoms with van der Waals surface area (Å²) in [5, 5.41) is 20.6. The lowest BCUT2D eigenvalue weighted by Gasteiger charge is -2.40. The van der Waals surface area contributed by atoms with Gasteiger partial charge in [-0.2, -0.15) is 0 Å². The fourth-order valence-electron chi connectivity index (χ4n) is 4.02. The monoisotopic (exact) mass is 360 g/mol. The van der Waals surface area contributed by atoms with E-state index in [1.807, 2.05) is 54.6 Å². The quantitative estimate of drug-likeness (QED) is 0.419. The third-order valence-corrected chi connectivity index (χ3v) is 5.32. The van der Waals surface area contributed by atoms with Crippen LogP contribution in [0.3, 0.4) is 0 Å². The van der Waals surface area contributed by atoms with Crippen molar-refractivity contribution < 1.29 is 10.2 Å². The number of hydrogen-bond donors (Lipinski definition) is 2. The SMILES string of the molecule is OCCCCCC(O)C(c1ccccc1)(c1ccccc1)c1ccccc1. The lowest BCUT2D eigenvalue weighted by Crippen LogP contribution is -2.42. The minimum Gasteiger partial charge on any atom is -0.396 e. The molecule has 0 bridgehead atoms. The number of unbranched alkanes of at least 4 members (excludes halogenated alkanes) is 2. The van der Waals surface area contributed by atoms with Crippen LogP contribution in [-0.2, 0) is 5.41 Å². The van der Waals surface area contributed by atoms with Crippen molar-refractivity contribution in [2.75, 3.05) is 6.61 Å². The van der Waals surface area contributed by atoms with Crippen LogP contribution in [-0.4, -0.2) is 22.9 Å². The van der Waals surface area contributed by atoms with Gasteiger partial charge in [0.25, 0.3) is 0 Å². The minimum atomic E-state index is -0.622. The van der Waals surface area contributed by atoms with Crippen LogP contribution in [0.5, 0.6) is 0 Å². The zero-order valence-electron chi connectivity index (χ0n) is 15.7. The number of rotatable bonds is 9. The number of benzene rings is 3. The zero-order valence-corrected chi connectivity index (χ0v) is 15.7. The van der Waals surface area contributed by atoms with Crippen molar-refractivity contribution in [2.45, 2.75) is 37.2 Å². The van der Waals surface area contributed by atoms with Gasteiger partial charge in [-0.3, -0.25) is 0 Å². The molecule has 0 radical (unpaired) electrons. The van der Waals surface area contributed by atoms with Gasteiger partial charge in [-0.15, -0.1) is 0 Å². The van der Waals surface area contributed by atoms with Gasteiger partial charge in [0.2, 0.25) is 0 Å². The molecule has 0 aromatic heterocycles. The van der Waals surface area contributed by atoms with Gasteiger partial charge in [-0.1, -0.05) is 104 Å². The Morgan fingerprint density at radius 1 is 0.593 bits per heavy atom. The van der Waals surface area contributed by atoms with Crippen molar-refractivity contribution in [1.29, 1.82) is 0 Å². The Morgan fingerprint density at radius 3 is 1.37 bits per heavy atom. The van der Waals surface area contributed by atoms with Crippen LogP contribution in [0.25, 0.3) is 0 Å². The van der Waals surface area contributed by atoms with E-state index in [9.17, 15) is 5.11 Å². The van der Waals surface area contributed by atoms with Gasteiger partial charge in [0, 0.05) is 6.61 Å². The molecule has 3 aromatic carbocycles. The summed E-state index contributed by atoms with van der Waals surface area (Å²) >= 11 is 0. The Morgan fingerprint density at radius 2 is 1.00 bits per heavy atom. The molecule has 0 spiro atoms. The van der Waals surface area contributed by atoms with Gasteiger partial charge in [0.05, 0.1) is 11.5 Å². The van der Waals surface area contributed by atoms with Crippen LogP contribution in [0.4, 0.5) is 0 Å². The minimum absolute atomic E-state index is 0.206. The summed E-state index contributed by atoms with van der Waals surface area (Å²) in [5.41, 5.74) is 2.66. The summed E-state index contributed by atoms with van der Waals surface area (Å²) in [6.45, 7) is 0.206. The smallest absolute Gasteiger partial charge is 0.0718 e. The number of aliphatic hydroxyl groups is 2. The summed E-state index contributed by atoms with van der Waals surface area (Å²) in [6, 6.07) is 30.9. The van der Waals surface area contributed by atoms with Gasteiger partial charge < -0.3 is 10.2 Å². The van der Waals surface area contributed by atoms with E-state index < -0.39 is 11.5 Å². The van der Waals surface area contributed by atoms with Crippen molar-refractivity contribution in [3.05, 3.63) is 108 Å². The van der Waals surface area contributed by atoms with Crippen LogP contribution in [0.1, 0.15) is 42.4 Å². The average Bonchev–Trinajstić information content (AvgIpc) is 2.74. The van der Waals surface area contributed by atoms with E-state index in [0.29, 0.717) is 6.42 Å². The molecule has 2 heteroatoms. The molecule has 3 rings (SSSR count). The van der Waals surface area contributed by atoms with Crippen molar-refractivity contribution in [3.8, 4) is 0 Å². The lowest BCUT2D eigenvalue weighted by molar-refractivity contribution is 0.108. The molecule has 27 heavy (non-hydrogen) atoms. The lowest BCUT2D eigenvalue weighted by atomic mass is 9.65. The Balaban J connectivity index is 2.14. The first-order valence-electron chi connectivity index (χ1n) is 9.75. The van der Waals surface area contributed by atoms with E-state index in [4.69, 9.17) is 5.11 Å². The summed E-state index contributed by atoms with van der Waals surface area (Å²) in [6.07, 6.45) is 2.70. The Labute approximate surface area is 162 Å². The maximum absolute atomic E-state index is 11.6. The van der Waals surface area contributed by atoms with Crippen LogP contribution in [0, 0.1) is 0 Å². The van der Waals surface area contributed by atoms with Gasteiger partial charge in [-0.05, 0) is 29.5 Å². The second-order valence-corrected chi connectivity index (χ2v) is 6.99. The molecule has 1 atom stereocenters. The second kappa shape index (κ2) is 9.50. The summed E-state index contributed by atoms with van der Waals surface area (Å²) < 4.78 is 0. The average molecular weight is 360 g/mol. The first-order chi connectivity index (χ1) is 13.3. The highest BCUT2D eigenvalue weighted by atomic mass is 16.3. The molecule has 140 valence electrons. The Kier molecular flexibility index (Phi) is 6.80. The summed E-state index contributed by atoms with van der Waals surface area (Å²) in [7, 11) is 0. The highest BCUT2D eigenvalue weighted by Gasteiger charge is 2.42. The summed E-state index contributed by atoms with van der Waals surface area (Å²) in [5.74, 6) is 0. The van der Waals surface area contributed by atoms with E-state index in [-0.39, 0.29) is 6.61 Å². The Hall–Kier alpha value is -2.42. The molecule has 0 aliphatic carbocycles. The topological polar surface area (TPSA) is 40.5 Å². The largest absolute Gasteiger partial charge is 0.396 e. The number of hydrogen-bond acceptors (Lipinski definition) is 2. The normalized spacial score (nSPS) is 12.7. The third kappa shape index (κ3) is 4.13. The first kappa shape index (κ1) is 19.3. The van der Waals surface area contributed by atoms with Crippen molar-refractivity contribution in [3.63, 3.8) is 0 Å². The van der Waals surface area contributed by atoms with E-state index in [0.717, 1.165) is 36.0 Å². The molecule has 0 saturated carbocycles. The fraction of sp³-hybridized carbons (Fsp3) is 0.280. The van der Waals surface area contributed by atoms with E-state index in [1.165, 1.54) is 0 Å². The first-order valence-corrected chi connectivity index (χ1v) is 9.75. The van der Waals surface area contributed by atoms with Gasteiger partial charge in [0.1, 0.15) is 0 Å². The van der Waals surface area contributed by atoms with Crippen molar-refractivity contribution >= 4 is 0 Å². The molecule has 0 amide bonds. The van der Waals surface area contributed by atoms with Gasteiger partial charge in [0.15, 0.2) is 0 Å². The molecule has 0 heterocycles. The molecule has 0 fully saturated rings. The van der Waals surface area contributed by atoms with Crippen LogP contribution in [0.2, 0.25) is 0 Å². The highest BCUT2D eigenvalue weighted by molar-refractivity contribution is 5.51. The third-order valence-electron chi connectivity index (χ3n) is 5.32. The maximum atomic E-state index is 11.6. The van der Waals surface area contributed by atoms with Crippen molar-refractivity contribution in [2.24, 2.45) is 0 Å². The van der Waals surface area contributed by atoms with Crippen LogP contribution < -0.4 is 0 Å². The second-order valence-electron chi connectivity index (χ2n) is 6.99. The molecule has 1 unspecified atom stereocenters. The van der Waals surface area contributed by atoms with E-state index in [1.54, 1.807) is 0 Å². The van der Waals surface area contributed by atoms with Crippen LogP contribution >= 0.6 is 0 Å². The molecular formula is C25H28O2. The van der Waals surface area contributed by atoms with Crippen molar-refractivity contribution in [1.82, 2.24) is 0 Å². The molecule has 0 aliphatic rings. The highest BCUT2D eigenvalue weighted by Crippen LogP contribution is 2.43. The standard InChI is InChI=1S/C25H28O2/c26-20-12-4-11-19-24(27)25(21-13-5-1-6-14-21,22-15-7-2-8-16-22)23-17-9-3-10-18-23/h1-3,5-10,13-18,24,26-27H,4,11-12,19-20H2. The fourth-order valence-corrected chi connectivity index (χ4v) is 4.02. The van der Waals surface area contributed by atoms with E-state index >= 15 is 0 Å². The molecule has 2 N–H and O–H groups in total. The van der Waals surface area contributed by atoms with Crippen LogP contribution in [0.15, 0.2) is 91.0 Å². The summed E-state index contributed by atoms with van der Waals surface area (Å²) in [4.78, 5) is 0. The molecular weight excluding hydrogens is 332 g/mol. The van der Waals surface area contributed by atoms with Gasteiger partial charge >= 0.3 is 0 Å². The van der Waals surface area contributed by atoms with E-state index in [2.05, 4.69) is 36.4 Å². The Bertz CT molecular complexity index is 688. The maximum Gasteiger partial charge on any atom is 0.0718 e. The zero-order chi connectivity index (χ0) is 19.0. The molecule has 2 nitrogen and oxygen atoms in total. The predicted molar refractivity (Wildman–Crippen MR) is 111 cm³/mol. The van der Waals surface area contributed by atoms with Gasteiger partial charge in [-0.25, -0.2) is 0 Å². The molecule has 3 aromatic rings. The number of aliphatic hydroxyl groups excluding tert-OH is 2. The predicted octanol–water partition coefficient (Wildman–Crippen LogP) is 4.93. The molecule has 0 saturated heterocycles. The molecule has 0 aliphatic heterocycles.